The average molecular weight is 805 g/mol. The molecule has 0 aromatic heterocycles. The molecule has 0 spiro atoms. The average Bonchev–Trinajstić information content (AvgIpc) is 3.23. The fourth-order valence-corrected chi connectivity index (χ4v) is 6.33. The van der Waals surface area contributed by atoms with Crippen LogP contribution in [-0.2, 0) is 19.1 Å². The van der Waals surface area contributed by atoms with Gasteiger partial charge in [-0.05, 0) is 77.0 Å². The first-order valence-corrected chi connectivity index (χ1v) is 23.8. The molecule has 330 valence electrons. The highest BCUT2D eigenvalue weighted by molar-refractivity contribution is 5.70. The molecule has 58 heavy (non-hydrogen) atoms. The van der Waals surface area contributed by atoms with Crippen molar-refractivity contribution in [1.82, 2.24) is 0 Å². The van der Waals surface area contributed by atoms with Gasteiger partial charge < -0.3 is 14.6 Å². The van der Waals surface area contributed by atoms with E-state index in [4.69, 9.17) is 9.47 Å². The molecule has 0 amide bonds. The Morgan fingerprint density at radius 1 is 0.414 bits per heavy atom. The number of carbonyl (C=O) groups is 2. The van der Waals surface area contributed by atoms with E-state index in [2.05, 4.69) is 111 Å². The molecule has 0 aliphatic carbocycles. The minimum Gasteiger partial charge on any atom is -0.462 e. The van der Waals surface area contributed by atoms with Gasteiger partial charge >= 0.3 is 11.9 Å². The first kappa shape index (κ1) is 54.8. The summed E-state index contributed by atoms with van der Waals surface area (Å²) in [4.78, 5) is 24.3. The van der Waals surface area contributed by atoms with E-state index in [0.29, 0.717) is 12.8 Å². The third kappa shape index (κ3) is 45.5. The van der Waals surface area contributed by atoms with Crippen molar-refractivity contribution < 1.29 is 24.2 Å². The van der Waals surface area contributed by atoms with E-state index >= 15 is 0 Å². The summed E-state index contributed by atoms with van der Waals surface area (Å²) in [5, 5.41) is 9.58. The number of aliphatic hydroxyl groups is 1. The molecule has 5 nitrogen and oxygen atoms in total. The maximum Gasteiger partial charge on any atom is 0.306 e. The van der Waals surface area contributed by atoms with Crippen LogP contribution < -0.4 is 0 Å². The number of allylic oxidation sites excluding steroid dienone is 16. The smallest absolute Gasteiger partial charge is 0.306 e. The van der Waals surface area contributed by atoms with Crippen LogP contribution in [0.4, 0.5) is 0 Å². The first-order chi connectivity index (χ1) is 28.6. The standard InChI is InChI=1S/C53H88O5/c1-3-5-7-9-11-13-15-16-17-18-19-20-21-22-23-24-25-26-27-28-29-30-31-32-33-34-35-36-38-40-42-44-46-48-53(56)58-51(49-54)50-57-52(55)47-45-43-41-39-37-14-12-10-8-6-4-2/h5,7,11,13,16-17,19-20,22-23,25-26,28-29,31-32,51,54H,3-4,6,8-10,12,14-15,18,21,24,27,30,33-50H2,1-2H3/b7-5-,13-11-,17-16-,20-19-,23-22-,26-25-,29-28-,32-31-. The zero-order valence-corrected chi connectivity index (χ0v) is 37.5. The second-order valence-corrected chi connectivity index (χ2v) is 15.5. The third-order valence-corrected chi connectivity index (χ3v) is 9.89. The topological polar surface area (TPSA) is 72.8 Å². The molecule has 0 heterocycles. The van der Waals surface area contributed by atoms with Crippen molar-refractivity contribution in [2.45, 2.75) is 213 Å². The van der Waals surface area contributed by atoms with E-state index in [-0.39, 0.29) is 25.2 Å². The Labute approximate surface area is 358 Å². The second-order valence-electron chi connectivity index (χ2n) is 15.5. The normalized spacial score (nSPS) is 13.1. The highest BCUT2D eigenvalue weighted by Crippen LogP contribution is 2.14. The van der Waals surface area contributed by atoms with E-state index in [9.17, 15) is 14.7 Å². The van der Waals surface area contributed by atoms with Crippen molar-refractivity contribution in [3.05, 3.63) is 97.2 Å². The molecular formula is C53H88O5. The van der Waals surface area contributed by atoms with Gasteiger partial charge in [-0.2, -0.15) is 0 Å². The molecule has 1 N–H and O–H groups in total. The summed E-state index contributed by atoms with van der Waals surface area (Å²) in [6, 6.07) is 0. The lowest BCUT2D eigenvalue weighted by atomic mass is 10.1. The summed E-state index contributed by atoms with van der Waals surface area (Å²) in [5.41, 5.74) is 0. The molecular weight excluding hydrogens is 717 g/mol. The number of rotatable bonds is 42. The SMILES string of the molecule is CC/C=C\C/C=C\C/C=C\C/C=C\C/C=C\C/C=C\C/C=C\C/C=C\CCCCCCCCCCC(=O)OC(CO)COC(=O)CCCCCCCCCCCCC. The quantitative estimate of drug-likeness (QED) is 0.0378. The van der Waals surface area contributed by atoms with Crippen LogP contribution in [0.3, 0.4) is 0 Å². The summed E-state index contributed by atoms with van der Waals surface area (Å²) in [5.74, 6) is -0.604. The largest absolute Gasteiger partial charge is 0.462 e. The number of hydrogen-bond acceptors (Lipinski definition) is 5. The number of unbranched alkanes of at least 4 members (excludes halogenated alkanes) is 18. The van der Waals surface area contributed by atoms with Gasteiger partial charge in [-0.15, -0.1) is 0 Å². The zero-order chi connectivity index (χ0) is 42.1. The van der Waals surface area contributed by atoms with Crippen molar-refractivity contribution in [1.29, 1.82) is 0 Å². The lowest BCUT2D eigenvalue weighted by molar-refractivity contribution is -0.161. The van der Waals surface area contributed by atoms with E-state index < -0.39 is 6.10 Å². The fraction of sp³-hybridized carbons (Fsp3) is 0.660. The minimum atomic E-state index is -0.779. The van der Waals surface area contributed by atoms with Crippen molar-refractivity contribution in [3.8, 4) is 0 Å². The van der Waals surface area contributed by atoms with Gasteiger partial charge in [0.2, 0.25) is 0 Å². The maximum atomic E-state index is 12.2. The summed E-state index contributed by atoms with van der Waals surface area (Å²) in [6.45, 7) is 4.00. The van der Waals surface area contributed by atoms with Crippen molar-refractivity contribution in [2.75, 3.05) is 13.2 Å². The van der Waals surface area contributed by atoms with Crippen LogP contribution >= 0.6 is 0 Å². The summed E-state index contributed by atoms with van der Waals surface area (Å²) >= 11 is 0. The van der Waals surface area contributed by atoms with E-state index in [0.717, 1.165) is 96.3 Å². The van der Waals surface area contributed by atoms with Crippen molar-refractivity contribution in [3.63, 3.8) is 0 Å². The van der Waals surface area contributed by atoms with Crippen LogP contribution in [-0.4, -0.2) is 36.4 Å². The molecule has 1 atom stereocenters. The van der Waals surface area contributed by atoms with Crippen molar-refractivity contribution in [2.24, 2.45) is 0 Å². The predicted molar refractivity (Wildman–Crippen MR) is 251 cm³/mol. The van der Waals surface area contributed by atoms with Gasteiger partial charge in [0.1, 0.15) is 6.61 Å². The van der Waals surface area contributed by atoms with E-state index in [1.165, 1.54) is 83.5 Å². The zero-order valence-electron chi connectivity index (χ0n) is 37.5. The third-order valence-electron chi connectivity index (χ3n) is 9.89. The predicted octanol–water partition coefficient (Wildman–Crippen LogP) is 15.6. The van der Waals surface area contributed by atoms with Crippen molar-refractivity contribution >= 4 is 11.9 Å². The molecule has 5 heteroatoms. The van der Waals surface area contributed by atoms with Gasteiger partial charge in [-0.25, -0.2) is 0 Å². The number of carbonyl (C=O) groups excluding carboxylic acids is 2. The van der Waals surface area contributed by atoms with Crippen LogP contribution in [0.1, 0.15) is 206 Å². The van der Waals surface area contributed by atoms with Crippen LogP contribution in [0.2, 0.25) is 0 Å². The van der Waals surface area contributed by atoms with Gasteiger partial charge in [0.05, 0.1) is 6.61 Å². The molecule has 0 saturated heterocycles. The molecule has 0 aliphatic rings. The number of hydrogen-bond donors (Lipinski definition) is 1. The fourth-order valence-electron chi connectivity index (χ4n) is 6.33. The van der Waals surface area contributed by atoms with Gasteiger partial charge in [0.15, 0.2) is 6.10 Å². The van der Waals surface area contributed by atoms with Gasteiger partial charge in [-0.3, -0.25) is 9.59 Å². The molecule has 0 saturated carbocycles. The Hall–Kier alpha value is -3.18. The second kappa shape index (κ2) is 48.2. The Morgan fingerprint density at radius 2 is 0.741 bits per heavy atom. The Morgan fingerprint density at radius 3 is 1.12 bits per heavy atom. The van der Waals surface area contributed by atoms with Gasteiger partial charge in [0.25, 0.3) is 0 Å². The molecule has 0 fully saturated rings. The molecule has 0 aromatic rings. The molecule has 0 aliphatic heterocycles. The summed E-state index contributed by atoms with van der Waals surface area (Å²) in [6.07, 6.45) is 67.8. The van der Waals surface area contributed by atoms with Crippen LogP contribution in [0.15, 0.2) is 97.2 Å². The molecule has 0 radical (unpaired) electrons. The highest BCUT2D eigenvalue weighted by Gasteiger charge is 2.16. The maximum absolute atomic E-state index is 12.2. The number of esters is 2. The Balaban J connectivity index is 3.59. The van der Waals surface area contributed by atoms with Crippen LogP contribution in [0.25, 0.3) is 0 Å². The molecule has 0 aromatic carbocycles. The molecule has 0 bridgehead atoms. The van der Waals surface area contributed by atoms with Gasteiger partial charge in [-0.1, -0.05) is 214 Å². The first-order valence-electron chi connectivity index (χ1n) is 23.8. The van der Waals surface area contributed by atoms with Crippen LogP contribution in [0, 0.1) is 0 Å². The van der Waals surface area contributed by atoms with E-state index in [1.807, 2.05) is 0 Å². The van der Waals surface area contributed by atoms with E-state index in [1.54, 1.807) is 0 Å². The summed E-state index contributed by atoms with van der Waals surface area (Å²) < 4.78 is 10.6. The molecule has 1 unspecified atom stereocenters. The van der Waals surface area contributed by atoms with Gasteiger partial charge in [0, 0.05) is 12.8 Å². The Bertz CT molecular complexity index is 1140. The molecule has 0 rings (SSSR count). The number of aliphatic hydroxyl groups excluding tert-OH is 1. The monoisotopic (exact) mass is 805 g/mol. The lowest BCUT2D eigenvalue weighted by Crippen LogP contribution is -2.28. The number of ether oxygens (including phenoxy) is 2. The minimum absolute atomic E-state index is 0.0718. The Kier molecular flexibility index (Phi) is 45.5. The highest BCUT2D eigenvalue weighted by atomic mass is 16.6. The summed E-state index contributed by atoms with van der Waals surface area (Å²) in [7, 11) is 0. The van der Waals surface area contributed by atoms with Crippen LogP contribution in [0.5, 0.6) is 0 Å². The lowest BCUT2D eigenvalue weighted by Gasteiger charge is -2.15.